The first-order valence-electron chi connectivity index (χ1n) is 9.10. The summed E-state index contributed by atoms with van der Waals surface area (Å²) in [5.74, 6) is -5.02. The Morgan fingerprint density at radius 2 is 2.00 bits per heavy atom. The van der Waals surface area contributed by atoms with E-state index in [2.05, 4.69) is 15.0 Å². The van der Waals surface area contributed by atoms with Crippen LogP contribution in [-0.2, 0) is 11.2 Å². The average molecular weight is 474 g/mol. The zero-order valence-electron chi connectivity index (χ0n) is 16.2. The number of ether oxygens (including phenoxy) is 1. The summed E-state index contributed by atoms with van der Waals surface area (Å²) in [4.78, 5) is 29.2. The molecule has 0 radical (unpaired) electrons. The first kappa shape index (κ1) is 23.4. The van der Waals surface area contributed by atoms with Gasteiger partial charge in [0.25, 0.3) is 11.8 Å². The van der Waals surface area contributed by atoms with E-state index in [4.69, 9.17) is 5.26 Å². The maximum absolute atomic E-state index is 13.4. The minimum Gasteiger partial charge on any atom is -0.406 e. The van der Waals surface area contributed by atoms with Gasteiger partial charge in [0.05, 0.1) is 24.2 Å². The van der Waals surface area contributed by atoms with Crippen LogP contribution in [0, 0.1) is 11.3 Å². The molecule has 0 spiro atoms. The van der Waals surface area contributed by atoms with E-state index in [-0.39, 0.29) is 17.9 Å². The molecule has 0 aliphatic carbocycles. The maximum atomic E-state index is 13.4. The van der Waals surface area contributed by atoms with Crippen LogP contribution in [0.4, 0.5) is 22.0 Å². The van der Waals surface area contributed by atoms with Crippen LogP contribution in [0.15, 0.2) is 29.6 Å². The number of nitriles is 1. The van der Waals surface area contributed by atoms with Crippen LogP contribution < -0.4 is 10.1 Å². The van der Waals surface area contributed by atoms with Crippen molar-refractivity contribution in [2.24, 2.45) is 0 Å². The number of nitrogens with one attached hydrogen (secondary N) is 1. The number of aromatic nitrogens is 1. The standard InChI is InChI=1S/C19H15F5N4O3S/c20-18(21)6-12(7-25)28(10-18)16(29)8-26-17(30)14-9-32-15(27-14)5-11-1-3-13(4-2-11)31-19(22,23)24/h1-4,9,12H,5-6,8,10H2,(H,26,30)/t12-/m0/s1. The lowest BCUT2D eigenvalue weighted by atomic mass is 10.1. The Hall–Kier alpha value is -3.27. The molecular weight excluding hydrogens is 459 g/mol. The molecule has 1 aromatic heterocycles. The Morgan fingerprint density at radius 3 is 2.62 bits per heavy atom. The van der Waals surface area contributed by atoms with E-state index in [0.29, 0.717) is 10.6 Å². The van der Waals surface area contributed by atoms with Crippen molar-refractivity contribution in [2.75, 3.05) is 13.1 Å². The van der Waals surface area contributed by atoms with Crippen molar-refractivity contribution >= 4 is 23.2 Å². The van der Waals surface area contributed by atoms with Crippen molar-refractivity contribution in [3.05, 3.63) is 45.9 Å². The Bertz CT molecular complexity index is 1030. The number of amides is 2. The van der Waals surface area contributed by atoms with Gasteiger partial charge in [-0.25, -0.2) is 13.8 Å². The van der Waals surface area contributed by atoms with E-state index in [0.717, 1.165) is 28.4 Å². The van der Waals surface area contributed by atoms with Crippen molar-refractivity contribution in [1.82, 2.24) is 15.2 Å². The van der Waals surface area contributed by atoms with Crippen LogP contribution in [0.1, 0.15) is 27.5 Å². The summed E-state index contributed by atoms with van der Waals surface area (Å²) in [5.41, 5.74) is 0.631. The molecule has 3 rings (SSSR count). The number of alkyl halides is 5. The lowest BCUT2D eigenvalue weighted by molar-refractivity contribution is -0.274. The monoisotopic (exact) mass is 474 g/mol. The SMILES string of the molecule is N#C[C@@H]1CC(F)(F)CN1C(=O)CNC(=O)c1csc(Cc2ccc(OC(F)(F)F)cc2)n1. The van der Waals surface area contributed by atoms with E-state index in [1.54, 1.807) is 6.07 Å². The summed E-state index contributed by atoms with van der Waals surface area (Å²) in [6.07, 6.45) is -5.29. The van der Waals surface area contributed by atoms with Gasteiger partial charge < -0.3 is 15.0 Å². The normalized spacial score (nSPS) is 17.6. The van der Waals surface area contributed by atoms with Crippen molar-refractivity contribution in [3.8, 4) is 11.8 Å². The van der Waals surface area contributed by atoms with Gasteiger partial charge >= 0.3 is 6.36 Å². The fourth-order valence-corrected chi connectivity index (χ4v) is 3.83. The minimum atomic E-state index is -4.79. The first-order chi connectivity index (χ1) is 15.0. The Labute approximate surface area is 182 Å². The summed E-state index contributed by atoms with van der Waals surface area (Å²) in [6, 6.07) is 5.57. The van der Waals surface area contributed by atoms with Crippen LogP contribution in [0.5, 0.6) is 5.75 Å². The highest BCUT2D eigenvalue weighted by molar-refractivity contribution is 7.09. The van der Waals surface area contributed by atoms with Gasteiger partial charge in [0, 0.05) is 18.2 Å². The number of benzene rings is 1. The molecular formula is C19H15F5N4O3S. The highest BCUT2D eigenvalue weighted by atomic mass is 32.1. The lowest BCUT2D eigenvalue weighted by Crippen LogP contribution is -2.43. The number of hydrogen-bond donors (Lipinski definition) is 1. The van der Waals surface area contributed by atoms with E-state index < -0.39 is 49.7 Å². The summed E-state index contributed by atoms with van der Waals surface area (Å²) < 4.78 is 67.3. The van der Waals surface area contributed by atoms with E-state index in [1.165, 1.54) is 17.5 Å². The molecule has 7 nitrogen and oxygen atoms in total. The highest BCUT2D eigenvalue weighted by Gasteiger charge is 2.47. The van der Waals surface area contributed by atoms with Crippen LogP contribution in [-0.4, -0.2) is 53.1 Å². The summed E-state index contributed by atoms with van der Waals surface area (Å²) in [7, 11) is 0. The number of halogens is 5. The number of rotatable bonds is 6. The van der Waals surface area contributed by atoms with E-state index in [9.17, 15) is 31.5 Å². The van der Waals surface area contributed by atoms with Gasteiger partial charge in [-0.1, -0.05) is 12.1 Å². The largest absolute Gasteiger partial charge is 0.573 e. The Kier molecular flexibility index (Phi) is 6.63. The molecule has 1 saturated heterocycles. The van der Waals surface area contributed by atoms with Gasteiger partial charge in [0.15, 0.2) is 0 Å². The molecule has 1 aliphatic heterocycles. The molecule has 170 valence electrons. The van der Waals surface area contributed by atoms with Crippen LogP contribution in [0.3, 0.4) is 0 Å². The van der Waals surface area contributed by atoms with Gasteiger partial charge in [-0.3, -0.25) is 9.59 Å². The number of nitrogens with zero attached hydrogens (tertiary/aromatic N) is 3. The Balaban J connectivity index is 1.53. The van der Waals surface area contributed by atoms with Crippen molar-refractivity contribution in [1.29, 1.82) is 5.26 Å². The number of thiazole rings is 1. The second-order valence-corrected chi connectivity index (χ2v) is 7.85. The molecule has 0 unspecified atom stereocenters. The van der Waals surface area contributed by atoms with Crippen molar-refractivity contribution in [2.45, 2.75) is 31.2 Å². The molecule has 1 aliphatic rings. The van der Waals surface area contributed by atoms with Gasteiger partial charge in [-0.15, -0.1) is 24.5 Å². The third-order valence-electron chi connectivity index (χ3n) is 4.44. The molecule has 1 atom stereocenters. The molecule has 0 saturated carbocycles. The highest BCUT2D eigenvalue weighted by Crippen LogP contribution is 2.31. The fraction of sp³-hybridized carbons (Fsp3) is 0.368. The smallest absolute Gasteiger partial charge is 0.406 e. The molecule has 1 fully saturated rings. The van der Waals surface area contributed by atoms with Gasteiger partial charge in [0.2, 0.25) is 5.91 Å². The predicted octanol–water partition coefficient (Wildman–Crippen LogP) is 3.12. The quantitative estimate of drug-likeness (QED) is 0.650. The second-order valence-electron chi connectivity index (χ2n) is 6.90. The lowest BCUT2D eigenvalue weighted by Gasteiger charge is -2.19. The van der Waals surface area contributed by atoms with Crippen LogP contribution >= 0.6 is 11.3 Å². The van der Waals surface area contributed by atoms with Gasteiger partial charge in [-0.2, -0.15) is 5.26 Å². The molecule has 2 aromatic rings. The van der Waals surface area contributed by atoms with E-state index >= 15 is 0 Å². The van der Waals surface area contributed by atoms with Crippen molar-refractivity contribution < 1.29 is 36.3 Å². The Morgan fingerprint density at radius 1 is 1.31 bits per heavy atom. The zero-order valence-corrected chi connectivity index (χ0v) is 17.0. The maximum Gasteiger partial charge on any atom is 0.573 e. The van der Waals surface area contributed by atoms with Crippen LogP contribution in [0.25, 0.3) is 0 Å². The molecule has 2 heterocycles. The number of carbonyl (C=O) groups is 2. The topological polar surface area (TPSA) is 95.3 Å². The third-order valence-corrected chi connectivity index (χ3v) is 5.28. The molecule has 0 bridgehead atoms. The zero-order chi connectivity index (χ0) is 23.5. The summed E-state index contributed by atoms with van der Waals surface area (Å²) in [5, 5.41) is 13.1. The third kappa shape index (κ3) is 6.13. The minimum absolute atomic E-state index is 0.00147. The molecule has 1 N–H and O–H groups in total. The number of hydrogen-bond acceptors (Lipinski definition) is 6. The molecule has 1 aromatic carbocycles. The van der Waals surface area contributed by atoms with E-state index in [1.807, 2.05) is 0 Å². The number of carbonyl (C=O) groups excluding carboxylic acids is 2. The second kappa shape index (κ2) is 9.07. The predicted molar refractivity (Wildman–Crippen MR) is 101 cm³/mol. The summed E-state index contributed by atoms with van der Waals surface area (Å²) >= 11 is 1.13. The van der Waals surface area contributed by atoms with Gasteiger partial charge in [0.1, 0.15) is 17.5 Å². The average Bonchev–Trinajstić information content (AvgIpc) is 3.30. The molecule has 2 amide bonds. The molecule has 32 heavy (non-hydrogen) atoms. The van der Waals surface area contributed by atoms with Gasteiger partial charge in [-0.05, 0) is 17.7 Å². The first-order valence-corrected chi connectivity index (χ1v) is 9.98. The summed E-state index contributed by atoms with van der Waals surface area (Å²) in [6.45, 7) is -1.45. The number of likely N-dealkylation sites (tertiary alicyclic amines) is 1. The fourth-order valence-electron chi connectivity index (χ4n) is 3.02. The van der Waals surface area contributed by atoms with Crippen LogP contribution in [0.2, 0.25) is 0 Å². The molecule has 13 heteroatoms. The van der Waals surface area contributed by atoms with Crippen molar-refractivity contribution in [3.63, 3.8) is 0 Å².